The van der Waals surface area contributed by atoms with Gasteiger partial charge in [-0.15, -0.1) is 0 Å². The zero-order valence-corrected chi connectivity index (χ0v) is 8.37. The van der Waals surface area contributed by atoms with Crippen molar-refractivity contribution in [2.45, 2.75) is 12.7 Å². The molecule has 0 heterocycles. The Kier molecular flexibility index (Phi) is 2.98. The van der Waals surface area contributed by atoms with Crippen LogP contribution >= 0.6 is 0 Å². The van der Waals surface area contributed by atoms with Gasteiger partial charge in [0.2, 0.25) is 5.79 Å². The predicted octanol–water partition coefficient (Wildman–Crippen LogP) is 0.630. The van der Waals surface area contributed by atoms with E-state index in [1.165, 1.54) is 39.4 Å². The highest BCUT2D eigenvalue weighted by molar-refractivity contribution is 6.09. The van der Waals surface area contributed by atoms with E-state index in [-0.39, 0.29) is 17.1 Å². The summed E-state index contributed by atoms with van der Waals surface area (Å²) in [4.78, 5) is 22.3. The normalized spacial score (nSPS) is 19.4. The molecule has 0 aliphatic heterocycles. The molecule has 4 heteroatoms. The SMILES string of the molecule is COC1(OC)C=CC(=O)C=C1C(C)=O. The molecule has 0 saturated heterocycles. The number of Topliss-reactive ketones (excluding diaryl/α,β-unsaturated/α-hetero) is 1. The summed E-state index contributed by atoms with van der Waals surface area (Å²) in [6.07, 6.45) is 3.99. The second kappa shape index (κ2) is 3.86. The Labute approximate surface area is 82.2 Å². The third kappa shape index (κ3) is 1.66. The molecule has 0 amide bonds. The van der Waals surface area contributed by atoms with Gasteiger partial charge in [0.05, 0.1) is 5.57 Å². The highest BCUT2D eigenvalue weighted by atomic mass is 16.7. The number of ether oxygens (including phenoxy) is 2. The monoisotopic (exact) mass is 196 g/mol. The van der Waals surface area contributed by atoms with Crippen molar-refractivity contribution in [3.63, 3.8) is 0 Å². The van der Waals surface area contributed by atoms with Crippen LogP contribution in [0.5, 0.6) is 0 Å². The maximum Gasteiger partial charge on any atom is 0.218 e. The number of hydrogen-bond donors (Lipinski definition) is 0. The van der Waals surface area contributed by atoms with E-state index >= 15 is 0 Å². The van der Waals surface area contributed by atoms with Gasteiger partial charge < -0.3 is 9.47 Å². The van der Waals surface area contributed by atoms with Gasteiger partial charge in [-0.2, -0.15) is 0 Å². The van der Waals surface area contributed by atoms with Gasteiger partial charge in [0.1, 0.15) is 0 Å². The zero-order chi connectivity index (χ0) is 10.8. The van der Waals surface area contributed by atoms with E-state index in [4.69, 9.17) is 9.47 Å². The summed E-state index contributed by atoms with van der Waals surface area (Å²) in [5.41, 5.74) is 0.218. The van der Waals surface area contributed by atoms with Gasteiger partial charge in [-0.25, -0.2) is 0 Å². The first-order chi connectivity index (χ1) is 6.55. The number of ketones is 2. The Hall–Kier alpha value is -1.26. The molecular weight excluding hydrogens is 184 g/mol. The molecule has 0 N–H and O–H groups in total. The lowest BCUT2D eigenvalue weighted by Gasteiger charge is -2.30. The lowest BCUT2D eigenvalue weighted by atomic mass is 9.95. The van der Waals surface area contributed by atoms with Crippen molar-refractivity contribution in [1.29, 1.82) is 0 Å². The minimum Gasteiger partial charge on any atom is -0.346 e. The third-order valence-corrected chi connectivity index (χ3v) is 2.11. The molecule has 4 nitrogen and oxygen atoms in total. The van der Waals surface area contributed by atoms with Crippen molar-refractivity contribution in [2.24, 2.45) is 0 Å². The zero-order valence-electron chi connectivity index (χ0n) is 8.37. The van der Waals surface area contributed by atoms with E-state index in [0.29, 0.717) is 0 Å². The Balaban J connectivity index is 3.18. The molecule has 0 bridgehead atoms. The largest absolute Gasteiger partial charge is 0.346 e. The van der Waals surface area contributed by atoms with Crippen molar-refractivity contribution in [1.82, 2.24) is 0 Å². The average Bonchev–Trinajstić information content (AvgIpc) is 2.18. The van der Waals surface area contributed by atoms with Gasteiger partial charge >= 0.3 is 0 Å². The van der Waals surface area contributed by atoms with Gasteiger partial charge in [-0.1, -0.05) is 0 Å². The number of rotatable bonds is 3. The molecule has 1 aliphatic rings. The van der Waals surface area contributed by atoms with Gasteiger partial charge in [-0.3, -0.25) is 9.59 Å². The van der Waals surface area contributed by atoms with E-state index in [2.05, 4.69) is 0 Å². The van der Waals surface area contributed by atoms with Crippen LogP contribution in [0.15, 0.2) is 23.8 Å². The molecule has 0 atom stereocenters. The van der Waals surface area contributed by atoms with Gasteiger partial charge in [0, 0.05) is 14.2 Å². The van der Waals surface area contributed by atoms with E-state index in [1.54, 1.807) is 0 Å². The third-order valence-electron chi connectivity index (χ3n) is 2.11. The van der Waals surface area contributed by atoms with E-state index in [9.17, 15) is 9.59 Å². The molecule has 14 heavy (non-hydrogen) atoms. The number of carbonyl (C=O) groups excluding carboxylic acids is 2. The second-order valence-electron chi connectivity index (χ2n) is 2.93. The lowest BCUT2D eigenvalue weighted by Crippen LogP contribution is -2.38. The molecular formula is C10H12O4. The van der Waals surface area contributed by atoms with Crippen LogP contribution in [0.4, 0.5) is 0 Å². The summed E-state index contributed by atoms with van der Waals surface area (Å²) in [5, 5.41) is 0. The fourth-order valence-corrected chi connectivity index (χ4v) is 1.36. The Bertz CT molecular complexity index is 321. The van der Waals surface area contributed by atoms with Crippen molar-refractivity contribution in [3.8, 4) is 0 Å². The van der Waals surface area contributed by atoms with Gasteiger partial charge in [-0.05, 0) is 25.2 Å². The van der Waals surface area contributed by atoms with E-state index in [0.717, 1.165) is 0 Å². The molecule has 0 fully saturated rings. The Morgan fingerprint density at radius 3 is 2.36 bits per heavy atom. The van der Waals surface area contributed by atoms with Crippen molar-refractivity contribution in [2.75, 3.05) is 14.2 Å². The molecule has 76 valence electrons. The molecule has 1 aliphatic carbocycles. The first-order valence-electron chi connectivity index (χ1n) is 4.12. The van der Waals surface area contributed by atoms with Crippen LogP contribution in [0.25, 0.3) is 0 Å². The van der Waals surface area contributed by atoms with Crippen molar-refractivity contribution in [3.05, 3.63) is 23.8 Å². The second-order valence-corrected chi connectivity index (χ2v) is 2.93. The topological polar surface area (TPSA) is 52.6 Å². The number of allylic oxidation sites excluding steroid dienone is 2. The standard InChI is InChI=1S/C10H12O4/c1-7(11)9-6-8(12)4-5-10(9,13-2)14-3/h4-6H,1-3H3. The molecule has 0 saturated carbocycles. The fourth-order valence-electron chi connectivity index (χ4n) is 1.36. The van der Waals surface area contributed by atoms with Gasteiger partial charge in [0.15, 0.2) is 11.6 Å². The Morgan fingerprint density at radius 2 is 1.93 bits per heavy atom. The minimum absolute atomic E-state index is 0.218. The van der Waals surface area contributed by atoms with Gasteiger partial charge in [0.25, 0.3) is 0 Å². The molecule has 0 spiro atoms. The summed E-state index contributed by atoms with van der Waals surface area (Å²) < 4.78 is 10.2. The fraction of sp³-hybridized carbons (Fsp3) is 0.400. The molecule has 0 aromatic rings. The molecule has 0 aromatic heterocycles. The van der Waals surface area contributed by atoms with Crippen LogP contribution in [0.1, 0.15) is 6.92 Å². The summed E-state index contributed by atoms with van der Waals surface area (Å²) in [6, 6.07) is 0. The highest BCUT2D eigenvalue weighted by Crippen LogP contribution is 2.27. The van der Waals surface area contributed by atoms with Crippen molar-refractivity contribution < 1.29 is 19.1 Å². The number of carbonyl (C=O) groups is 2. The maximum atomic E-state index is 11.3. The highest BCUT2D eigenvalue weighted by Gasteiger charge is 2.37. The molecule has 0 unspecified atom stereocenters. The summed E-state index contributed by atoms with van der Waals surface area (Å²) in [7, 11) is 2.83. The summed E-state index contributed by atoms with van der Waals surface area (Å²) in [6.45, 7) is 1.37. The predicted molar refractivity (Wildman–Crippen MR) is 49.7 cm³/mol. The molecule has 0 aromatic carbocycles. The summed E-state index contributed by atoms with van der Waals surface area (Å²) >= 11 is 0. The first kappa shape index (κ1) is 10.8. The number of hydrogen-bond acceptors (Lipinski definition) is 4. The van der Waals surface area contributed by atoms with Crippen molar-refractivity contribution >= 4 is 11.6 Å². The van der Waals surface area contributed by atoms with Crippen LogP contribution in [0.3, 0.4) is 0 Å². The van der Waals surface area contributed by atoms with E-state index < -0.39 is 5.79 Å². The van der Waals surface area contributed by atoms with Crippen LogP contribution < -0.4 is 0 Å². The number of methoxy groups -OCH3 is 2. The first-order valence-corrected chi connectivity index (χ1v) is 4.12. The quantitative estimate of drug-likeness (QED) is 0.621. The maximum absolute atomic E-state index is 11.3. The van der Waals surface area contributed by atoms with Crippen LogP contribution in [-0.2, 0) is 19.1 Å². The summed E-state index contributed by atoms with van der Waals surface area (Å²) in [5.74, 6) is -1.69. The minimum atomic E-state index is -1.21. The van der Waals surface area contributed by atoms with Crippen LogP contribution in [-0.4, -0.2) is 31.6 Å². The van der Waals surface area contributed by atoms with Crippen LogP contribution in [0.2, 0.25) is 0 Å². The molecule has 1 rings (SSSR count). The smallest absolute Gasteiger partial charge is 0.218 e. The van der Waals surface area contributed by atoms with Crippen LogP contribution in [0, 0.1) is 0 Å². The average molecular weight is 196 g/mol. The van der Waals surface area contributed by atoms with E-state index in [1.807, 2.05) is 0 Å². The Morgan fingerprint density at radius 1 is 1.36 bits per heavy atom. The lowest BCUT2D eigenvalue weighted by molar-refractivity contribution is -0.151. The molecule has 0 radical (unpaired) electrons.